The smallest absolute Gasteiger partial charge is 0.174 e. The summed E-state index contributed by atoms with van der Waals surface area (Å²) in [6.45, 7) is 6.05. The van der Waals surface area contributed by atoms with Gasteiger partial charge >= 0.3 is 0 Å². The summed E-state index contributed by atoms with van der Waals surface area (Å²) in [5.74, 6) is 0. The van der Waals surface area contributed by atoms with Gasteiger partial charge in [0.05, 0.1) is 0 Å². The van der Waals surface area contributed by atoms with Gasteiger partial charge in [-0.3, -0.25) is 0 Å². The van der Waals surface area contributed by atoms with Crippen molar-refractivity contribution in [3.05, 3.63) is 95.6 Å². The number of benzene rings is 1. The molecule has 0 bridgehead atoms. The lowest BCUT2D eigenvalue weighted by Crippen LogP contribution is -3.00. The predicted molar refractivity (Wildman–Crippen MR) is 87.4 cm³/mol. The van der Waals surface area contributed by atoms with Crippen molar-refractivity contribution in [3.63, 3.8) is 0 Å². The first kappa shape index (κ1) is 20.1. The van der Waals surface area contributed by atoms with Crippen LogP contribution < -0.4 is 33.9 Å². The molecular weight excluding hydrogens is 339 g/mol. The maximum atomic E-state index is 2.23. The first-order valence-electron chi connectivity index (χ1n) is 7.69. The minimum absolute atomic E-state index is 0. The van der Waals surface area contributed by atoms with Crippen molar-refractivity contribution in [1.82, 2.24) is 0 Å². The molecule has 0 aliphatic carbocycles. The summed E-state index contributed by atoms with van der Waals surface area (Å²) in [5, 5.41) is 0. The van der Waals surface area contributed by atoms with E-state index in [0.717, 1.165) is 13.1 Å². The molecule has 126 valence electrons. The minimum Gasteiger partial charge on any atom is -1.00 e. The molecule has 0 radical (unpaired) electrons. The van der Waals surface area contributed by atoms with Gasteiger partial charge in [-0.05, 0) is 25.0 Å². The average Bonchev–Trinajstić information content (AvgIpc) is 2.54. The van der Waals surface area contributed by atoms with Gasteiger partial charge in [0.25, 0.3) is 0 Å². The summed E-state index contributed by atoms with van der Waals surface area (Å²) in [4.78, 5) is 0. The number of hydrogen-bond donors (Lipinski definition) is 0. The predicted octanol–water partition coefficient (Wildman–Crippen LogP) is -3.02. The molecule has 0 aliphatic rings. The number of rotatable bonds is 4. The van der Waals surface area contributed by atoms with Crippen LogP contribution in [0.5, 0.6) is 0 Å². The summed E-state index contributed by atoms with van der Waals surface area (Å²) in [6, 6.07) is 17.3. The van der Waals surface area contributed by atoms with Gasteiger partial charge in [0, 0.05) is 35.4 Å². The Hall–Kier alpha value is -1.90. The van der Waals surface area contributed by atoms with Crippen molar-refractivity contribution in [2.24, 2.45) is 0 Å². The van der Waals surface area contributed by atoms with Gasteiger partial charge in [0.15, 0.2) is 37.9 Å². The Morgan fingerprint density at radius 1 is 0.583 bits per heavy atom. The zero-order valence-electron chi connectivity index (χ0n) is 14.0. The molecular formula is C20H22Cl2N2. The number of hydrogen-bond acceptors (Lipinski definition) is 0. The highest BCUT2D eigenvalue weighted by atomic mass is 35.5. The summed E-state index contributed by atoms with van der Waals surface area (Å²) in [6.07, 6.45) is 8.58. The normalized spacial score (nSPS) is 9.75. The van der Waals surface area contributed by atoms with E-state index in [1.165, 1.54) is 22.3 Å². The third kappa shape index (κ3) is 5.33. The van der Waals surface area contributed by atoms with Crippen LogP contribution in [0.1, 0.15) is 22.3 Å². The van der Waals surface area contributed by atoms with E-state index in [-0.39, 0.29) is 24.8 Å². The van der Waals surface area contributed by atoms with Gasteiger partial charge in [0.2, 0.25) is 0 Å². The molecule has 2 nitrogen and oxygen atoms in total. The zero-order chi connectivity index (χ0) is 15.4. The number of halogens is 2. The number of aryl methyl sites for hydroxylation is 2. The molecule has 0 fully saturated rings. The molecule has 2 heterocycles. The van der Waals surface area contributed by atoms with Crippen molar-refractivity contribution in [3.8, 4) is 0 Å². The third-order valence-corrected chi connectivity index (χ3v) is 3.94. The van der Waals surface area contributed by atoms with Gasteiger partial charge < -0.3 is 24.8 Å². The number of nitrogens with zero attached hydrogens (tertiary/aromatic N) is 2. The van der Waals surface area contributed by atoms with Gasteiger partial charge in [-0.2, -0.15) is 0 Å². The van der Waals surface area contributed by atoms with Crippen LogP contribution in [0.4, 0.5) is 0 Å². The second kappa shape index (κ2) is 9.41. The van der Waals surface area contributed by atoms with Gasteiger partial charge in [-0.1, -0.05) is 24.3 Å². The fourth-order valence-corrected chi connectivity index (χ4v) is 2.53. The van der Waals surface area contributed by atoms with Crippen molar-refractivity contribution in [2.45, 2.75) is 26.9 Å². The first-order valence-corrected chi connectivity index (χ1v) is 7.69. The molecule has 0 saturated carbocycles. The van der Waals surface area contributed by atoms with E-state index < -0.39 is 0 Å². The van der Waals surface area contributed by atoms with Crippen LogP contribution in [0.15, 0.2) is 73.3 Å². The van der Waals surface area contributed by atoms with E-state index in [1.807, 2.05) is 0 Å². The Morgan fingerprint density at radius 3 is 1.25 bits per heavy atom. The average molecular weight is 361 g/mol. The maximum absolute atomic E-state index is 2.23. The molecule has 3 aromatic rings. The molecule has 0 aliphatic heterocycles. The van der Waals surface area contributed by atoms with E-state index in [2.05, 4.69) is 96.3 Å². The molecule has 0 amide bonds. The lowest BCUT2D eigenvalue weighted by Gasteiger charge is -2.05. The van der Waals surface area contributed by atoms with Gasteiger partial charge in [0.1, 0.15) is 0 Å². The van der Waals surface area contributed by atoms with Crippen LogP contribution in [-0.4, -0.2) is 0 Å². The molecule has 1 aromatic carbocycles. The Morgan fingerprint density at radius 2 is 0.917 bits per heavy atom. The van der Waals surface area contributed by atoms with Crippen molar-refractivity contribution < 1.29 is 33.9 Å². The molecule has 0 N–H and O–H groups in total. The zero-order valence-corrected chi connectivity index (χ0v) is 15.5. The highest BCUT2D eigenvalue weighted by Gasteiger charge is 2.11. The second-order valence-corrected chi connectivity index (χ2v) is 5.86. The fourth-order valence-electron chi connectivity index (χ4n) is 2.53. The molecule has 0 atom stereocenters. The van der Waals surface area contributed by atoms with E-state index in [0.29, 0.717) is 0 Å². The summed E-state index contributed by atoms with van der Waals surface area (Å²) >= 11 is 0. The Labute approximate surface area is 156 Å². The lowest BCUT2D eigenvalue weighted by atomic mass is 10.1. The topological polar surface area (TPSA) is 7.76 Å². The maximum Gasteiger partial charge on any atom is 0.174 e. The fraction of sp³-hybridized carbons (Fsp3) is 0.200. The SMILES string of the molecule is Cc1cc[n+](Cc2ccccc2C[n+]2ccc(C)cc2)cc1.[Cl-].[Cl-]. The van der Waals surface area contributed by atoms with E-state index in [4.69, 9.17) is 0 Å². The summed E-state index contributed by atoms with van der Waals surface area (Å²) in [5.41, 5.74) is 5.31. The van der Waals surface area contributed by atoms with E-state index >= 15 is 0 Å². The standard InChI is InChI=1S/C20H22N2.2ClH/c1-17-7-11-21(12-8-17)15-19-5-3-4-6-20(19)16-22-13-9-18(2)10-14-22;;/h3-14H,15-16H2,1-2H3;2*1H/q+2;;/p-2. The number of aromatic nitrogens is 2. The monoisotopic (exact) mass is 360 g/mol. The van der Waals surface area contributed by atoms with Crippen LogP contribution in [0.25, 0.3) is 0 Å². The number of pyridine rings is 2. The highest BCUT2D eigenvalue weighted by Crippen LogP contribution is 2.08. The van der Waals surface area contributed by atoms with Crippen LogP contribution in [0.3, 0.4) is 0 Å². The molecule has 24 heavy (non-hydrogen) atoms. The van der Waals surface area contributed by atoms with Crippen molar-refractivity contribution in [2.75, 3.05) is 0 Å². The Balaban J connectivity index is 0.00000144. The minimum atomic E-state index is 0. The molecule has 0 spiro atoms. The molecule has 3 rings (SSSR count). The van der Waals surface area contributed by atoms with E-state index in [1.54, 1.807) is 0 Å². The Bertz CT molecular complexity index is 687. The van der Waals surface area contributed by atoms with Crippen molar-refractivity contribution >= 4 is 0 Å². The van der Waals surface area contributed by atoms with Crippen molar-refractivity contribution in [1.29, 1.82) is 0 Å². The molecule has 0 saturated heterocycles. The van der Waals surface area contributed by atoms with Gasteiger partial charge in [-0.15, -0.1) is 0 Å². The third-order valence-electron chi connectivity index (χ3n) is 3.94. The second-order valence-electron chi connectivity index (χ2n) is 5.86. The first-order chi connectivity index (χ1) is 10.7. The highest BCUT2D eigenvalue weighted by molar-refractivity contribution is 5.25. The summed E-state index contributed by atoms with van der Waals surface area (Å²) < 4.78 is 4.46. The van der Waals surface area contributed by atoms with Gasteiger partial charge in [-0.25, -0.2) is 9.13 Å². The largest absolute Gasteiger partial charge is 1.00 e. The molecule has 2 aromatic heterocycles. The Kier molecular flexibility index (Phi) is 7.90. The van der Waals surface area contributed by atoms with Crippen LogP contribution in [0, 0.1) is 13.8 Å². The lowest BCUT2D eigenvalue weighted by molar-refractivity contribution is -0.693. The summed E-state index contributed by atoms with van der Waals surface area (Å²) in [7, 11) is 0. The van der Waals surface area contributed by atoms with Crippen LogP contribution in [0.2, 0.25) is 0 Å². The molecule has 4 heteroatoms. The quantitative estimate of drug-likeness (QED) is 0.438. The van der Waals surface area contributed by atoms with Crippen LogP contribution >= 0.6 is 0 Å². The molecule has 0 unspecified atom stereocenters. The van der Waals surface area contributed by atoms with E-state index in [9.17, 15) is 0 Å². The van der Waals surface area contributed by atoms with Crippen LogP contribution in [-0.2, 0) is 13.1 Å².